The molecule has 2 saturated heterocycles. The zero-order valence-electron chi connectivity index (χ0n) is 17.5. The van der Waals surface area contributed by atoms with E-state index in [-0.39, 0.29) is 34.9 Å². The van der Waals surface area contributed by atoms with Crippen molar-refractivity contribution in [3.05, 3.63) is 46.0 Å². The zero-order valence-corrected chi connectivity index (χ0v) is 18.3. The number of fused-ring (bicyclic) bond motifs is 1. The van der Waals surface area contributed by atoms with Gasteiger partial charge in [0.1, 0.15) is 5.70 Å². The Morgan fingerprint density at radius 2 is 2.07 bits per heavy atom. The van der Waals surface area contributed by atoms with Gasteiger partial charge in [-0.3, -0.25) is 4.79 Å². The summed E-state index contributed by atoms with van der Waals surface area (Å²) in [6.45, 7) is 5.20. The van der Waals surface area contributed by atoms with E-state index >= 15 is 0 Å². The summed E-state index contributed by atoms with van der Waals surface area (Å²) >= 11 is 1.58. The predicted molar refractivity (Wildman–Crippen MR) is 116 cm³/mol. The highest BCUT2D eigenvalue weighted by Crippen LogP contribution is 2.52. The van der Waals surface area contributed by atoms with E-state index in [1.165, 1.54) is 16.0 Å². The van der Waals surface area contributed by atoms with Crippen LogP contribution in [0.5, 0.6) is 0 Å². The van der Waals surface area contributed by atoms with Crippen molar-refractivity contribution in [2.24, 2.45) is 11.8 Å². The number of β-lactam (4-membered cyclic amide) rings is 1. The topological polar surface area (TPSA) is 102 Å². The zero-order chi connectivity index (χ0) is 21.6. The third-order valence-electron chi connectivity index (χ3n) is 6.46. The number of carbonyl (C=O) groups is 2. The molecule has 0 saturated carbocycles. The Balaban J connectivity index is 1.47. The number of aliphatic hydroxyl groups is 1. The Morgan fingerprint density at radius 3 is 2.67 bits per heavy atom. The second kappa shape index (κ2) is 8.34. The maximum absolute atomic E-state index is 12.5. The number of benzene rings is 1. The van der Waals surface area contributed by atoms with Crippen LogP contribution < -0.4 is 10.6 Å². The highest BCUT2D eigenvalue weighted by Gasteiger charge is 2.60. The molecule has 3 heterocycles. The molecule has 0 aromatic heterocycles. The molecule has 162 valence electrons. The lowest BCUT2D eigenvalue weighted by Gasteiger charge is -2.46. The number of rotatable bonds is 7. The van der Waals surface area contributed by atoms with Crippen LogP contribution in [0.25, 0.3) is 0 Å². The standard InChI is InChI=1S/C22H29N3O4S/c1-11-18-17(12(2)26)21(27)25(18)19(22(28)29)20(11)30-15-8-16(24-10-15)14-6-4-13(5-7-14)9-23-3/h4-7,11-12,15-18,23-24,26H,8-10H2,1-3H3,(H,28,29)/t11-,12-,15+,16+,17-,18-/m1/s1. The molecule has 4 rings (SSSR count). The minimum atomic E-state index is -1.06. The molecule has 3 aliphatic heterocycles. The quantitative estimate of drug-likeness (QED) is 0.488. The number of carbonyl (C=O) groups excluding carboxylic acids is 1. The van der Waals surface area contributed by atoms with Crippen molar-refractivity contribution in [1.82, 2.24) is 15.5 Å². The van der Waals surface area contributed by atoms with Crippen LogP contribution in [0.2, 0.25) is 0 Å². The first-order chi connectivity index (χ1) is 14.3. The third kappa shape index (κ3) is 3.56. The van der Waals surface area contributed by atoms with Gasteiger partial charge in [0.25, 0.3) is 0 Å². The monoisotopic (exact) mass is 431 g/mol. The molecule has 2 fully saturated rings. The summed E-state index contributed by atoms with van der Waals surface area (Å²) in [5, 5.41) is 26.7. The van der Waals surface area contributed by atoms with Gasteiger partial charge in [0.15, 0.2) is 0 Å². The Bertz CT molecular complexity index is 870. The van der Waals surface area contributed by atoms with Crippen molar-refractivity contribution >= 4 is 23.6 Å². The first kappa shape index (κ1) is 21.4. The second-order valence-electron chi connectivity index (χ2n) is 8.48. The summed E-state index contributed by atoms with van der Waals surface area (Å²) in [5.41, 5.74) is 2.58. The van der Waals surface area contributed by atoms with Gasteiger partial charge >= 0.3 is 5.97 Å². The fraction of sp³-hybridized carbons (Fsp3) is 0.545. The number of carboxylic acids is 1. The minimum absolute atomic E-state index is 0.0849. The lowest BCUT2D eigenvalue weighted by atomic mass is 9.79. The van der Waals surface area contributed by atoms with E-state index in [0.717, 1.165) is 24.4 Å². The molecular formula is C22H29N3O4S. The molecule has 6 atom stereocenters. The number of nitrogens with zero attached hydrogens (tertiary/aromatic N) is 1. The van der Waals surface area contributed by atoms with Crippen molar-refractivity contribution in [3.8, 4) is 0 Å². The SMILES string of the molecule is CNCc1ccc([C@@H]2C[C@H](SC3=C(C(=O)O)N4C(=O)[C@H]([C@@H](C)O)[C@H]4[C@H]3C)CN2)cc1. The molecule has 4 N–H and O–H groups in total. The molecule has 0 spiro atoms. The number of nitrogens with one attached hydrogen (secondary N) is 2. The first-order valence-corrected chi connectivity index (χ1v) is 11.3. The maximum atomic E-state index is 12.5. The molecule has 0 bridgehead atoms. The Morgan fingerprint density at radius 1 is 1.37 bits per heavy atom. The number of thioether (sulfide) groups is 1. The summed E-state index contributed by atoms with van der Waals surface area (Å²) in [5.74, 6) is -1.94. The second-order valence-corrected chi connectivity index (χ2v) is 9.82. The molecule has 1 aromatic rings. The summed E-state index contributed by atoms with van der Waals surface area (Å²) < 4.78 is 0. The smallest absolute Gasteiger partial charge is 0.353 e. The van der Waals surface area contributed by atoms with Crippen molar-refractivity contribution < 1.29 is 19.8 Å². The van der Waals surface area contributed by atoms with Crippen molar-refractivity contribution in [2.45, 2.75) is 50.3 Å². The number of aliphatic carboxylic acids is 1. The third-order valence-corrected chi connectivity index (χ3v) is 7.97. The predicted octanol–water partition coefficient (Wildman–Crippen LogP) is 1.70. The van der Waals surface area contributed by atoms with Gasteiger partial charge < -0.3 is 25.7 Å². The van der Waals surface area contributed by atoms with E-state index in [4.69, 9.17) is 0 Å². The van der Waals surface area contributed by atoms with E-state index in [9.17, 15) is 19.8 Å². The molecule has 0 radical (unpaired) electrons. The van der Waals surface area contributed by atoms with E-state index in [1.807, 2.05) is 14.0 Å². The van der Waals surface area contributed by atoms with Crippen molar-refractivity contribution in [3.63, 3.8) is 0 Å². The molecule has 8 heteroatoms. The largest absolute Gasteiger partial charge is 0.477 e. The van der Waals surface area contributed by atoms with Gasteiger partial charge in [-0.2, -0.15) is 0 Å². The van der Waals surface area contributed by atoms with Gasteiger partial charge in [0.05, 0.1) is 18.1 Å². The van der Waals surface area contributed by atoms with Crippen LogP contribution in [-0.4, -0.2) is 58.0 Å². The fourth-order valence-electron chi connectivity index (χ4n) is 4.98. The van der Waals surface area contributed by atoms with E-state index < -0.39 is 18.0 Å². The lowest BCUT2D eigenvalue weighted by Crippen LogP contribution is -2.63. The summed E-state index contributed by atoms with van der Waals surface area (Å²) in [6, 6.07) is 8.54. The molecule has 30 heavy (non-hydrogen) atoms. The molecule has 0 unspecified atom stereocenters. The molecule has 1 aromatic carbocycles. The molecule has 0 aliphatic carbocycles. The summed E-state index contributed by atoms with van der Waals surface area (Å²) in [4.78, 5) is 26.6. The van der Waals surface area contributed by atoms with Gasteiger partial charge in [-0.1, -0.05) is 31.2 Å². The number of aliphatic hydroxyl groups excluding tert-OH is 1. The van der Waals surface area contributed by atoms with Crippen LogP contribution in [0.4, 0.5) is 0 Å². The minimum Gasteiger partial charge on any atom is -0.477 e. The van der Waals surface area contributed by atoms with Gasteiger partial charge in [0.2, 0.25) is 5.91 Å². The maximum Gasteiger partial charge on any atom is 0.353 e. The number of hydrogen-bond acceptors (Lipinski definition) is 6. The number of carboxylic acid groups (broad SMARTS) is 1. The summed E-state index contributed by atoms with van der Waals surface area (Å²) in [7, 11) is 1.93. The van der Waals surface area contributed by atoms with E-state index in [0.29, 0.717) is 0 Å². The highest BCUT2D eigenvalue weighted by atomic mass is 32.2. The van der Waals surface area contributed by atoms with Crippen molar-refractivity contribution in [2.75, 3.05) is 13.6 Å². The first-order valence-electron chi connectivity index (χ1n) is 10.5. The lowest BCUT2D eigenvalue weighted by molar-refractivity contribution is -0.163. The van der Waals surface area contributed by atoms with Crippen LogP contribution in [-0.2, 0) is 16.1 Å². The Hall–Kier alpha value is -1.87. The molecule has 1 amide bonds. The number of hydrogen-bond donors (Lipinski definition) is 4. The fourth-order valence-corrected chi connectivity index (χ4v) is 6.46. The molecular weight excluding hydrogens is 402 g/mol. The van der Waals surface area contributed by atoms with Gasteiger partial charge in [-0.25, -0.2) is 4.79 Å². The summed E-state index contributed by atoms with van der Waals surface area (Å²) in [6.07, 6.45) is 0.126. The Kier molecular flexibility index (Phi) is 5.94. The van der Waals surface area contributed by atoms with Crippen LogP contribution in [0.15, 0.2) is 34.9 Å². The van der Waals surface area contributed by atoms with Crippen LogP contribution in [0, 0.1) is 11.8 Å². The highest BCUT2D eigenvalue weighted by molar-refractivity contribution is 8.03. The van der Waals surface area contributed by atoms with Gasteiger partial charge in [-0.15, -0.1) is 11.8 Å². The number of amides is 1. The molecule has 7 nitrogen and oxygen atoms in total. The van der Waals surface area contributed by atoms with Crippen LogP contribution in [0.3, 0.4) is 0 Å². The van der Waals surface area contributed by atoms with Crippen molar-refractivity contribution in [1.29, 1.82) is 0 Å². The van der Waals surface area contributed by atoms with E-state index in [1.54, 1.807) is 18.7 Å². The van der Waals surface area contributed by atoms with Crippen LogP contribution >= 0.6 is 11.8 Å². The average molecular weight is 432 g/mol. The van der Waals surface area contributed by atoms with E-state index in [2.05, 4.69) is 34.9 Å². The van der Waals surface area contributed by atoms with Crippen LogP contribution in [0.1, 0.15) is 37.4 Å². The normalized spacial score (nSPS) is 31.7. The van der Waals surface area contributed by atoms with Gasteiger partial charge in [0, 0.05) is 35.2 Å². The molecule has 3 aliphatic rings. The average Bonchev–Trinajstić information content (AvgIpc) is 3.25. The Labute approximate surface area is 180 Å². The van der Waals surface area contributed by atoms with Gasteiger partial charge in [-0.05, 0) is 31.5 Å².